The number of carbonyl (C=O) groups is 1. The van der Waals surface area contributed by atoms with Crippen LogP contribution in [-0.2, 0) is 4.79 Å². The van der Waals surface area contributed by atoms with Crippen LogP contribution in [0, 0.1) is 24.0 Å². The largest absolute Gasteiger partial charge is 0.481 e. The number of aryl methyl sites for hydroxylation is 1. The van der Waals surface area contributed by atoms with E-state index in [1.165, 1.54) is 6.07 Å². The Hall–Kier alpha value is -2.89. The van der Waals surface area contributed by atoms with Crippen molar-refractivity contribution in [2.75, 3.05) is 5.32 Å². The van der Waals surface area contributed by atoms with Gasteiger partial charge in [-0.05, 0) is 44.0 Å². The minimum atomic E-state index is -0.675. The zero-order valence-electron chi connectivity index (χ0n) is 13.9. The van der Waals surface area contributed by atoms with Gasteiger partial charge in [0.2, 0.25) is 0 Å². The first-order valence-electron chi connectivity index (χ1n) is 7.70. The summed E-state index contributed by atoms with van der Waals surface area (Å²) in [4.78, 5) is 23.0. The molecule has 0 aromatic heterocycles. The van der Waals surface area contributed by atoms with Gasteiger partial charge >= 0.3 is 0 Å². The Bertz CT molecular complexity index is 758. The summed E-state index contributed by atoms with van der Waals surface area (Å²) in [5.41, 5.74) is 1.85. The lowest BCUT2D eigenvalue weighted by atomic mass is 10.1. The van der Waals surface area contributed by atoms with E-state index < -0.39 is 11.0 Å². The lowest BCUT2D eigenvalue weighted by Gasteiger charge is -2.18. The summed E-state index contributed by atoms with van der Waals surface area (Å²) in [6, 6.07) is 12.0. The van der Waals surface area contributed by atoms with Gasteiger partial charge in [0.25, 0.3) is 11.6 Å². The highest BCUT2D eigenvalue weighted by molar-refractivity contribution is 5.95. The second-order valence-corrected chi connectivity index (χ2v) is 5.53. The highest BCUT2D eigenvalue weighted by Gasteiger charge is 2.21. The number of amides is 1. The van der Waals surface area contributed by atoms with E-state index in [0.717, 1.165) is 5.56 Å². The summed E-state index contributed by atoms with van der Waals surface area (Å²) in [5.74, 6) is 0.287. The standard InChI is InChI=1S/C18H20N2O4/c1-4-17(24-14-8-5-7-12(2)11-14)18(21)19-15-9-6-10-16(13(15)3)20(22)23/h5-11,17H,4H2,1-3H3,(H,19,21). The normalized spacial score (nSPS) is 11.6. The SMILES string of the molecule is CCC(Oc1cccc(C)c1)C(=O)Nc1cccc([N+](=O)[O-])c1C. The zero-order valence-corrected chi connectivity index (χ0v) is 13.9. The highest BCUT2D eigenvalue weighted by atomic mass is 16.6. The van der Waals surface area contributed by atoms with E-state index in [2.05, 4.69) is 5.32 Å². The van der Waals surface area contributed by atoms with Gasteiger partial charge in [0.15, 0.2) is 6.10 Å². The van der Waals surface area contributed by atoms with Crippen LogP contribution in [0.5, 0.6) is 5.75 Å². The van der Waals surface area contributed by atoms with Crippen molar-refractivity contribution in [1.82, 2.24) is 0 Å². The third-order valence-corrected chi connectivity index (χ3v) is 3.69. The monoisotopic (exact) mass is 328 g/mol. The Morgan fingerprint density at radius 3 is 2.58 bits per heavy atom. The molecule has 2 rings (SSSR count). The molecule has 0 aliphatic carbocycles. The van der Waals surface area contributed by atoms with Crippen LogP contribution in [0.3, 0.4) is 0 Å². The molecule has 1 unspecified atom stereocenters. The van der Waals surface area contributed by atoms with Gasteiger partial charge in [0, 0.05) is 6.07 Å². The molecular formula is C18H20N2O4. The molecule has 1 atom stereocenters. The maximum absolute atomic E-state index is 12.5. The molecule has 6 heteroatoms. The average molecular weight is 328 g/mol. The van der Waals surface area contributed by atoms with E-state index in [-0.39, 0.29) is 11.6 Å². The van der Waals surface area contributed by atoms with Crippen molar-refractivity contribution in [3.05, 3.63) is 63.7 Å². The molecule has 2 aromatic rings. The molecule has 0 bridgehead atoms. The van der Waals surface area contributed by atoms with E-state index in [4.69, 9.17) is 4.74 Å². The number of benzene rings is 2. The van der Waals surface area contributed by atoms with Gasteiger partial charge < -0.3 is 10.1 Å². The molecule has 2 aromatic carbocycles. The molecule has 0 heterocycles. The van der Waals surface area contributed by atoms with Crippen molar-refractivity contribution in [3.63, 3.8) is 0 Å². The van der Waals surface area contributed by atoms with Crippen molar-refractivity contribution >= 4 is 17.3 Å². The van der Waals surface area contributed by atoms with Crippen LogP contribution in [0.2, 0.25) is 0 Å². The molecule has 0 radical (unpaired) electrons. The fraction of sp³-hybridized carbons (Fsp3) is 0.278. The summed E-state index contributed by atoms with van der Waals surface area (Å²) < 4.78 is 5.75. The van der Waals surface area contributed by atoms with Crippen LogP contribution >= 0.6 is 0 Å². The second-order valence-electron chi connectivity index (χ2n) is 5.53. The summed E-state index contributed by atoms with van der Waals surface area (Å²) in [5, 5.41) is 13.7. The first kappa shape index (κ1) is 17.5. The maximum Gasteiger partial charge on any atom is 0.274 e. The van der Waals surface area contributed by atoms with E-state index in [0.29, 0.717) is 23.4 Å². The average Bonchev–Trinajstić information content (AvgIpc) is 2.54. The van der Waals surface area contributed by atoms with E-state index >= 15 is 0 Å². The van der Waals surface area contributed by atoms with Crippen LogP contribution in [0.1, 0.15) is 24.5 Å². The summed E-state index contributed by atoms with van der Waals surface area (Å²) in [6.07, 6.45) is -0.196. The molecule has 0 saturated carbocycles. The van der Waals surface area contributed by atoms with E-state index in [1.54, 1.807) is 25.1 Å². The molecular weight excluding hydrogens is 308 g/mol. The lowest BCUT2D eigenvalue weighted by Crippen LogP contribution is -2.32. The van der Waals surface area contributed by atoms with Crippen molar-refractivity contribution in [2.24, 2.45) is 0 Å². The van der Waals surface area contributed by atoms with Gasteiger partial charge in [0.05, 0.1) is 16.2 Å². The Balaban J connectivity index is 2.15. The minimum Gasteiger partial charge on any atom is -0.481 e. The second kappa shape index (κ2) is 7.59. The van der Waals surface area contributed by atoms with Gasteiger partial charge in [-0.2, -0.15) is 0 Å². The molecule has 6 nitrogen and oxygen atoms in total. The lowest BCUT2D eigenvalue weighted by molar-refractivity contribution is -0.385. The van der Waals surface area contributed by atoms with Crippen LogP contribution in [0.25, 0.3) is 0 Å². The van der Waals surface area contributed by atoms with Crippen molar-refractivity contribution in [3.8, 4) is 5.75 Å². The number of rotatable bonds is 6. The number of nitro benzene ring substituents is 1. The number of nitrogens with zero attached hydrogens (tertiary/aromatic N) is 1. The number of hydrogen-bond donors (Lipinski definition) is 1. The van der Waals surface area contributed by atoms with Crippen molar-refractivity contribution in [2.45, 2.75) is 33.3 Å². The van der Waals surface area contributed by atoms with Crippen LogP contribution in [0.4, 0.5) is 11.4 Å². The molecule has 0 fully saturated rings. The molecule has 24 heavy (non-hydrogen) atoms. The number of carbonyl (C=O) groups excluding carboxylic acids is 1. The Morgan fingerprint density at radius 2 is 1.96 bits per heavy atom. The molecule has 0 spiro atoms. The van der Waals surface area contributed by atoms with E-state index in [9.17, 15) is 14.9 Å². The fourth-order valence-electron chi connectivity index (χ4n) is 2.35. The first-order valence-corrected chi connectivity index (χ1v) is 7.70. The van der Waals surface area contributed by atoms with Gasteiger partial charge in [-0.3, -0.25) is 14.9 Å². The molecule has 0 aliphatic rings. The Kier molecular flexibility index (Phi) is 5.52. The van der Waals surface area contributed by atoms with Gasteiger partial charge in [-0.15, -0.1) is 0 Å². The number of ether oxygens (including phenoxy) is 1. The Labute approximate surface area is 140 Å². The van der Waals surface area contributed by atoms with Gasteiger partial charge in [-0.1, -0.05) is 25.1 Å². The number of nitrogens with one attached hydrogen (secondary N) is 1. The first-order chi connectivity index (χ1) is 11.4. The number of hydrogen-bond acceptors (Lipinski definition) is 4. The molecule has 126 valence electrons. The minimum absolute atomic E-state index is 0.0274. The molecule has 1 N–H and O–H groups in total. The third kappa shape index (κ3) is 4.10. The topological polar surface area (TPSA) is 81.5 Å². The van der Waals surface area contributed by atoms with Crippen LogP contribution in [-0.4, -0.2) is 16.9 Å². The smallest absolute Gasteiger partial charge is 0.274 e. The van der Waals surface area contributed by atoms with Crippen molar-refractivity contribution in [1.29, 1.82) is 0 Å². The Morgan fingerprint density at radius 1 is 1.25 bits per heavy atom. The quantitative estimate of drug-likeness (QED) is 0.641. The predicted octanol–water partition coefficient (Wildman–Crippen LogP) is 4.01. The van der Waals surface area contributed by atoms with Crippen LogP contribution in [0.15, 0.2) is 42.5 Å². The highest BCUT2D eigenvalue weighted by Crippen LogP contribution is 2.25. The maximum atomic E-state index is 12.5. The molecule has 0 aliphatic heterocycles. The number of nitro groups is 1. The summed E-state index contributed by atoms with van der Waals surface area (Å²) in [7, 11) is 0. The molecule has 1 amide bonds. The van der Waals surface area contributed by atoms with Gasteiger partial charge in [0.1, 0.15) is 5.75 Å². The zero-order chi connectivity index (χ0) is 17.7. The van der Waals surface area contributed by atoms with Gasteiger partial charge in [-0.25, -0.2) is 0 Å². The summed E-state index contributed by atoms with van der Waals surface area (Å²) in [6.45, 7) is 5.40. The van der Waals surface area contributed by atoms with E-state index in [1.807, 2.05) is 32.0 Å². The summed E-state index contributed by atoms with van der Waals surface area (Å²) >= 11 is 0. The predicted molar refractivity (Wildman–Crippen MR) is 92.3 cm³/mol. The third-order valence-electron chi connectivity index (χ3n) is 3.69. The van der Waals surface area contributed by atoms with Crippen LogP contribution < -0.4 is 10.1 Å². The molecule has 0 saturated heterocycles. The number of anilines is 1. The van der Waals surface area contributed by atoms with Crippen molar-refractivity contribution < 1.29 is 14.5 Å². The fourth-order valence-corrected chi connectivity index (χ4v) is 2.35.